The van der Waals surface area contributed by atoms with Crippen LogP contribution in [0.4, 0.5) is 5.82 Å². The van der Waals surface area contributed by atoms with E-state index in [0.29, 0.717) is 0 Å². The molecule has 4 aromatic carbocycles. The van der Waals surface area contributed by atoms with Gasteiger partial charge in [0.15, 0.2) is 5.82 Å². The Morgan fingerprint density at radius 1 is 0.614 bits per heavy atom. The highest BCUT2D eigenvalue weighted by Crippen LogP contribution is 2.32. The van der Waals surface area contributed by atoms with Crippen molar-refractivity contribution in [2.75, 3.05) is 25.5 Å². The Bertz CT molecular complexity index is 2360. The Balaban J connectivity index is 1.04. The van der Waals surface area contributed by atoms with E-state index < -0.39 is 0 Å². The molecule has 0 saturated carbocycles. The number of fused-ring (bicyclic) bond motifs is 9. The standard InChI is InChI=1S/C36H29N7O/c1-44-25-12-13-27-22(20-25)11-14-30-32(27)43-34-28-8-2-3-10-29(28)42-36(35(34)41-30)40-18-6-15-37-21-24-19-23-7-4-16-38-31(23)33-26(24)9-5-17-39-33/h2-5,7-14,16-17,19-20,37H,6,15,18,21H2,1H3,(H,40,42). The van der Waals surface area contributed by atoms with Crippen LogP contribution in [0.2, 0.25) is 0 Å². The molecular formula is C36H29N7O. The number of anilines is 1. The molecule has 0 aliphatic carbocycles. The number of para-hydroxylation sites is 1. The summed E-state index contributed by atoms with van der Waals surface area (Å²) in [4.78, 5) is 24.4. The highest BCUT2D eigenvalue weighted by molar-refractivity contribution is 6.12. The van der Waals surface area contributed by atoms with Crippen LogP contribution in [0.3, 0.4) is 0 Å². The molecule has 8 rings (SSSR count). The molecule has 0 atom stereocenters. The topological polar surface area (TPSA) is 97.7 Å². The molecule has 0 spiro atoms. The largest absolute Gasteiger partial charge is 0.497 e. The second-order valence-corrected chi connectivity index (χ2v) is 10.9. The SMILES string of the molecule is COc1ccc2c(ccc3nc4c(NCCCNCc5cc6cccnc6c6ncccc56)nc5ccccc5c4nc32)c1. The number of aromatic nitrogens is 5. The van der Waals surface area contributed by atoms with Gasteiger partial charge in [0.05, 0.1) is 34.7 Å². The molecule has 0 amide bonds. The van der Waals surface area contributed by atoms with Crippen molar-refractivity contribution < 1.29 is 4.74 Å². The van der Waals surface area contributed by atoms with E-state index in [0.717, 1.165) is 103 Å². The minimum atomic E-state index is 0.745. The maximum atomic E-state index is 5.43. The first-order valence-electron chi connectivity index (χ1n) is 14.8. The van der Waals surface area contributed by atoms with Crippen molar-refractivity contribution in [3.63, 3.8) is 0 Å². The molecule has 0 unspecified atom stereocenters. The number of hydrogen-bond acceptors (Lipinski definition) is 8. The van der Waals surface area contributed by atoms with E-state index in [1.54, 1.807) is 7.11 Å². The van der Waals surface area contributed by atoms with Crippen molar-refractivity contribution in [3.8, 4) is 5.75 Å². The summed E-state index contributed by atoms with van der Waals surface area (Å²) >= 11 is 0. The van der Waals surface area contributed by atoms with Gasteiger partial charge in [-0.3, -0.25) is 9.97 Å². The number of pyridine rings is 3. The Kier molecular flexibility index (Phi) is 6.53. The zero-order chi connectivity index (χ0) is 29.5. The Labute approximate surface area is 253 Å². The molecule has 44 heavy (non-hydrogen) atoms. The van der Waals surface area contributed by atoms with Crippen molar-refractivity contribution in [2.45, 2.75) is 13.0 Å². The molecule has 4 heterocycles. The van der Waals surface area contributed by atoms with Crippen LogP contribution in [0.5, 0.6) is 5.75 Å². The number of hydrogen-bond donors (Lipinski definition) is 2. The van der Waals surface area contributed by atoms with Crippen molar-refractivity contribution in [1.82, 2.24) is 30.2 Å². The minimum Gasteiger partial charge on any atom is -0.497 e. The molecule has 4 aromatic heterocycles. The number of benzene rings is 4. The van der Waals surface area contributed by atoms with E-state index in [1.807, 2.05) is 60.9 Å². The first-order chi connectivity index (χ1) is 21.8. The van der Waals surface area contributed by atoms with Gasteiger partial charge in [0, 0.05) is 47.0 Å². The molecule has 0 radical (unpaired) electrons. The Morgan fingerprint density at radius 2 is 1.48 bits per heavy atom. The van der Waals surface area contributed by atoms with Gasteiger partial charge in [0.25, 0.3) is 0 Å². The molecule has 0 bridgehead atoms. The number of nitrogens with zero attached hydrogens (tertiary/aromatic N) is 5. The summed E-state index contributed by atoms with van der Waals surface area (Å²) in [6.45, 7) is 2.34. The normalized spacial score (nSPS) is 11.8. The second kappa shape index (κ2) is 11.0. The third-order valence-corrected chi connectivity index (χ3v) is 8.16. The average Bonchev–Trinajstić information content (AvgIpc) is 3.08. The lowest BCUT2D eigenvalue weighted by Crippen LogP contribution is -2.18. The fraction of sp³-hybridized carbons (Fsp3) is 0.139. The van der Waals surface area contributed by atoms with Crippen molar-refractivity contribution in [2.24, 2.45) is 0 Å². The molecule has 8 aromatic rings. The van der Waals surface area contributed by atoms with Crippen LogP contribution in [0.1, 0.15) is 12.0 Å². The lowest BCUT2D eigenvalue weighted by molar-refractivity contribution is 0.415. The summed E-state index contributed by atoms with van der Waals surface area (Å²) in [6.07, 6.45) is 4.56. The van der Waals surface area contributed by atoms with E-state index in [9.17, 15) is 0 Å². The fourth-order valence-corrected chi connectivity index (χ4v) is 6.01. The van der Waals surface area contributed by atoms with Crippen LogP contribution >= 0.6 is 0 Å². The molecule has 8 nitrogen and oxygen atoms in total. The van der Waals surface area contributed by atoms with Crippen molar-refractivity contribution in [3.05, 3.63) is 103 Å². The monoisotopic (exact) mass is 575 g/mol. The van der Waals surface area contributed by atoms with Gasteiger partial charge < -0.3 is 15.4 Å². The van der Waals surface area contributed by atoms with Crippen LogP contribution < -0.4 is 15.4 Å². The minimum absolute atomic E-state index is 0.745. The molecule has 214 valence electrons. The van der Waals surface area contributed by atoms with Gasteiger partial charge in [0.2, 0.25) is 0 Å². The molecule has 0 aliphatic rings. The molecule has 0 saturated heterocycles. The lowest BCUT2D eigenvalue weighted by atomic mass is 10.0. The number of ether oxygens (including phenoxy) is 1. The zero-order valence-corrected chi connectivity index (χ0v) is 24.2. The lowest BCUT2D eigenvalue weighted by Gasteiger charge is -2.13. The van der Waals surface area contributed by atoms with E-state index >= 15 is 0 Å². The first-order valence-corrected chi connectivity index (χ1v) is 14.8. The summed E-state index contributed by atoms with van der Waals surface area (Å²) in [5.41, 5.74) is 7.33. The number of rotatable bonds is 8. The summed E-state index contributed by atoms with van der Waals surface area (Å²) < 4.78 is 5.43. The second-order valence-electron chi connectivity index (χ2n) is 10.9. The Hall–Kier alpha value is -5.47. The van der Waals surface area contributed by atoms with Crippen LogP contribution in [-0.4, -0.2) is 45.1 Å². The van der Waals surface area contributed by atoms with E-state index in [1.165, 1.54) is 5.56 Å². The molecule has 0 aliphatic heterocycles. The van der Waals surface area contributed by atoms with Gasteiger partial charge in [-0.25, -0.2) is 15.0 Å². The highest BCUT2D eigenvalue weighted by Gasteiger charge is 2.14. The summed E-state index contributed by atoms with van der Waals surface area (Å²) in [5.74, 6) is 1.57. The van der Waals surface area contributed by atoms with E-state index in [-0.39, 0.29) is 0 Å². The van der Waals surface area contributed by atoms with Crippen molar-refractivity contribution >= 4 is 71.4 Å². The highest BCUT2D eigenvalue weighted by atomic mass is 16.5. The zero-order valence-electron chi connectivity index (χ0n) is 24.2. The predicted octanol–water partition coefficient (Wildman–Crippen LogP) is 7.18. The summed E-state index contributed by atoms with van der Waals surface area (Å²) in [5, 5.41) is 12.5. The average molecular weight is 576 g/mol. The van der Waals surface area contributed by atoms with Gasteiger partial charge in [0.1, 0.15) is 16.8 Å². The van der Waals surface area contributed by atoms with Gasteiger partial charge >= 0.3 is 0 Å². The van der Waals surface area contributed by atoms with Crippen LogP contribution in [0.15, 0.2) is 97.3 Å². The fourth-order valence-electron chi connectivity index (χ4n) is 6.01. The van der Waals surface area contributed by atoms with Crippen LogP contribution in [0.25, 0.3) is 65.5 Å². The van der Waals surface area contributed by atoms with E-state index in [4.69, 9.17) is 19.7 Å². The smallest absolute Gasteiger partial charge is 0.154 e. The quantitative estimate of drug-likeness (QED) is 0.112. The van der Waals surface area contributed by atoms with Gasteiger partial charge in [-0.2, -0.15) is 0 Å². The van der Waals surface area contributed by atoms with Crippen LogP contribution in [-0.2, 0) is 6.54 Å². The van der Waals surface area contributed by atoms with E-state index in [2.05, 4.69) is 57.0 Å². The number of nitrogens with one attached hydrogen (secondary N) is 2. The van der Waals surface area contributed by atoms with Crippen LogP contribution in [0, 0.1) is 0 Å². The molecule has 8 heteroatoms. The predicted molar refractivity (Wildman–Crippen MR) is 178 cm³/mol. The summed E-state index contributed by atoms with van der Waals surface area (Å²) in [6, 6.07) is 28.6. The third-order valence-electron chi connectivity index (χ3n) is 8.16. The van der Waals surface area contributed by atoms with Crippen molar-refractivity contribution in [1.29, 1.82) is 0 Å². The van der Waals surface area contributed by atoms with Gasteiger partial charge in [-0.15, -0.1) is 0 Å². The van der Waals surface area contributed by atoms with Gasteiger partial charge in [-0.1, -0.05) is 36.4 Å². The molecular weight excluding hydrogens is 546 g/mol. The van der Waals surface area contributed by atoms with Gasteiger partial charge in [-0.05, 0) is 72.4 Å². The molecule has 2 N–H and O–H groups in total. The number of methoxy groups -OCH3 is 1. The third kappa shape index (κ3) is 4.56. The maximum absolute atomic E-state index is 5.43. The Morgan fingerprint density at radius 3 is 2.41 bits per heavy atom. The first kappa shape index (κ1) is 26.2. The molecule has 0 fully saturated rings. The summed E-state index contributed by atoms with van der Waals surface area (Å²) in [7, 11) is 1.68. The maximum Gasteiger partial charge on any atom is 0.154 e.